The van der Waals surface area contributed by atoms with Gasteiger partial charge in [-0.15, -0.1) is 0 Å². The van der Waals surface area contributed by atoms with Crippen LogP contribution in [0.4, 0.5) is 0 Å². The van der Waals surface area contributed by atoms with E-state index in [1.165, 1.54) is 0 Å². The van der Waals surface area contributed by atoms with Gasteiger partial charge in [-0.25, -0.2) is 9.97 Å². The van der Waals surface area contributed by atoms with Crippen molar-refractivity contribution in [2.24, 2.45) is 0 Å². The summed E-state index contributed by atoms with van der Waals surface area (Å²) in [6, 6.07) is 31.2. The summed E-state index contributed by atoms with van der Waals surface area (Å²) in [5.74, 6) is -0.316. The molecular weight excluding hydrogens is 486 g/mol. The molecule has 2 aromatic heterocycles. The van der Waals surface area contributed by atoms with Crippen molar-refractivity contribution >= 4 is 55.4 Å². The molecule has 6 aromatic rings. The molecule has 7 heteroatoms. The van der Waals surface area contributed by atoms with E-state index in [0.717, 1.165) is 32.6 Å². The number of fused-ring (bicyclic) bond motifs is 4. The van der Waals surface area contributed by atoms with Gasteiger partial charge in [0.2, 0.25) is 0 Å². The maximum absolute atomic E-state index is 12.9. The fourth-order valence-corrected chi connectivity index (χ4v) is 4.81. The highest BCUT2D eigenvalue weighted by atomic mass is 16.2. The molecule has 192 valence electrons. The van der Waals surface area contributed by atoms with Crippen LogP contribution in [0.15, 0.2) is 97.1 Å². The average Bonchev–Trinajstić information content (AvgIpc) is 2.97. The van der Waals surface area contributed by atoms with Crippen molar-refractivity contribution in [2.75, 3.05) is 26.2 Å². The molecule has 39 heavy (non-hydrogen) atoms. The lowest BCUT2D eigenvalue weighted by atomic mass is 10.1. The highest BCUT2D eigenvalue weighted by molar-refractivity contribution is 6.08. The third-order valence-corrected chi connectivity index (χ3v) is 6.76. The van der Waals surface area contributed by atoms with Crippen molar-refractivity contribution in [3.63, 3.8) is 0 Å². The average molecular weight is 514 g/mol. The molecule has 3 N–H and O–H groups in total. The van der Waals surface area contributed by atoms with Gasteiger partial charge in [-0.3, -0.25) is 9.59 Å². The molecule has 0 unspecified atom stereocenters. The summed E-state index contributed by atoms with van der Waals surface area (Å²) in [5.41, 5.74) is 4.23. The van der Waals surface area contributed by atoms with Crippen molar-refractivity contribution in [3.8, 4) is 0 Å². The summed E-state index contributed by atoms with van der Waals surface area (Å²) in [6.45, 7) is 2.06. The number of hydrogen-bond donors (Lipinski definition) is 3. The van der Waals surface area contributed by atoms with Gasteiger partial charge in [0.1, 0.15) is 0 Å². The number of pyridine rings is 2. The van der Waals surface area contributed by atoms with Crippen LogP contribution in [0.3, 0.4) is 0 Å². The lowest BCUT2D eigenvalue weighted by Gasteiger charge is -2.11. The third-order valence-electron chi connectivity index (χ3n) is 6.76. The van der Waals surface area contributed by atoms with Gasteiger partial charge in [0, 0.05) is 47.7 Å². The fourth-order valence-electron chi connectivity index (χ4n) is 4.81. The summed E-state index contributed by atoms with van der Waals surface area (Å²) in [4.78, 5) is 35.2. The van der Waals surface area contributed by atoms with Gasteiger partial charge in [0.25, 0.3) is 11.8 Å². The molecule has 2 amide bonds. The van der Waals surface area contributed by atoms with E-state index < -0.39 is 0 Å². The number of nitrogens with zero attached hydrogens (tertiary/aromatic N) is 2. The first-order valence-corrected chi connectivity index (χ1v) is 13.0. The number of rotatable bonds is 8. The molecule has 0 aliphatic rings. The van der Waals surface area contributed by atoms with Gasteiger partial charge in [-0.2, -0.15) is 0 Å². The molecule has 0 saturated heterocycles. The highest BCUT2D eigenvalue weighted by Gasteiger charge is 2.13. The Labute approximate surface area is 225 Å². The minimum atomic E-state index is -0.158. The van der Waals surface area contributed by atoms with E-state index in [1.807, 2.05) is 72.8 Å². The van der Waals surface area contributed by atoms with Gasteiger partial charge < -0.3 is 16.0 Å². The number of aromatic nitrogens is 2. The Bertz CT molecular complexity index is 1710. The predicted octanol–water partition coefficient (Wildman–Crippen LogP) is 4.84. The first-order valence-electron chi connectivity index (χ1n) is 13.0. The molecule has 4 aromatic carbocycles. The van der Waals surface area contributed by atoms with Gasteiger partial charge >= 0.3 is 0 Å². The Morgan fingerprint density at radius 2 is 0.949 bits per heavy atom. The molecule has 0 aliphatic carbocycles. The topological polar surface area (TPSA) is 96.0 Å². The summed E-state index contributed by atoms with van der Waals surface area (Å²) < 4.78 is 0. The number of benzene rings is 4. The first kappa shape index (κ1) is 24.5. The van der Waals surface area contributed by atoms with E-state index in [-0.39, 0.29) is 11.8 Å². The second-order valence-corrected chi connectivity index (χ2v) is 9.38. The Morgan fingerprint density at radius 1 is 0.513 bits per heavy atom. The third kappa shape index (κ3) is 5.12. The zero-order valence-corrected chi connectivity index (χ0v) is 21.3. The van der Waals surface area contributed by atoms with Crippen LogP contribution in [-0.2, 0) is 0 Å². The largest absolute Gasteiger partial charge is 0.351 e. The number of carbonyl (C=O) groups is 2. The molecule has 7 nitrogen and oxygen atoms in total. The van der Waals surface area contributed by atoms with Crippen molar-refractivity contribution in [2.45, 2.75) is 0 Å². The summed E-state index contributed by atoms with van der Waals surface area (Å²) in [6.07, 6.45) is 0. The minimum absolute atomic E-state index is 0.158. The zero-order valence-electron chi connectivity index (χ0n) is 21.3. The molecule has 0 radical (unpaired) electrons. The molecule has 0 saturated carbocycles. The standard InChI is InChI=1S/C32H27N5O2/c38-31(25-11-5-9-23-19-21-7-1-3-13-27(21)36-29(23)25)34-17-15-33-16-18-35-32(39)26-12-6-10-24-20-22-8-2-4-14-28(22)37-30(24)26/h1-14,19-20,33H,15-18H2,(H,34,38)(H,35,39). The van der Waals surface area contributed by atoms with Gasteiger partial charge in [0.05, 0.1) is 33.2 Å². The molecule has 0 atom stereocenters. The molecule has 6 rings (SSSR count). The number of nitrogens with one attached hydrogen (secondary N) is 3. The summed E-state index contributed by atoms with van der Waals surface area (Å²) >= 11 is 0. The molecule has 0 aliphatic heterocycles. The van der Waals surface area contributed by atoms with Crippen LogP contribution in [-0.4, -0.2) is 48.0 Å². The second kappa shape index (κ2) is 10.8. The smallest absolute Gasteiger partial charge is 0.253 e. The first-order chi connectivity index (χ1) is 19.2. The van der Waals surface area contributed by atoms with Crippen molar-refractivity contribution < 1.29 is 9.59 Å². The van der Waals surface area contributed by atoms with Crippen LogP contribution in [0.25, 0.3) is 43.6 Å². The molecular formula is C32H27N5O2. The lowest BCUT2D eigenvalue weighted by Crippen LogP contribution is -2.36. The number of para-hydroxylation sites is 4. The van der Waals surface area contributed by atoms with Gasteiger partial charge in [0.15, 0.2) is 0 Å². The van der Waals surface area contributed by atoms with Crippen LogP contribution in [0.1, 0.15) is 20.7 Å². The maximum Gasteiger partial charge on any atom is 0.253 e. The maximum atomic E-state index is 12.9. The fraction of sp³-hybridized carbons (Fsp3) is 0.125. The van der Waals surface area contributed by atoms with Crippen LogP contribution >= 0.6 is 0 Å². The van der Waals surface area contributed by atoms with Crippen LogP contribution in [0.5, 0.6) is 0 Å². The SMILES string of the molecule is O=C(NCCNCCNC(=O)c1cccc2cc3ccccc3nc12)c1cccc2cc3ccccc3nc12. The zero-order chi connectivity index (χ0) is 26.6. The molecule has 0 bridgehead atoms. The minimum Gasteiger partial charge on any atom is -0.351 e. The monoisotopic (exact) mass is 513 g/mol. The Balaban J connectivity index is 1.00. The van der Waals surface area contributed by atoms with E-state index in [9.17, 15) is 9.59 Å². The Kier molecular flexibility index (Phi) is 6.80. The quantitative estimate of drug-likeness (QED) is 0.200. The van der Waals surface area contributed by atoms with E-state index >= 15 is 0 Å². The lowest BCUT2D eigenvalue weighted by molar-refractivity contribution is 0.0950. The molecule has 0 spiro atoms. The Morgan fingerprint density at radius 3 is 1.44 bits per heavy atom. The normalized spacial score (nSPS) is 11.3. The van der Waals surface area contributed by atoms with Crippen molar-refractivity contribution in [1.82, 2.24) is 25.9 Å². The van der Waals surface area contributed by atoms with E-state index in [0.29, 0.717) is 48.3 Å². The summed E-state index contributed by atoms with van der Waals surface area (Å²) in [7, 11) is 0. The van der Waals surface area contributed by atoms with Gasteiger partial charge in [-0.05, 0) is 36.4 Å². The number of amides is 2. The predicted molar refractivity (Wildman–Crippen MR) is 156 cm³/mol. The van der Waals surface area contributed by atoms with Crippen LogP contribution < -0.4 is 16.0 Å². The van der Waals surface area contributed by atoms with Crippen LogP contribution in [0, 0.1) is 0 Å². The molecule has 0 fully saturated rings. The molecule has 2 heterocycles. The Hall–Kier alpha value is -4.88. The second-order valence-electron chi connectivity index (χ2n) is 9.38. The highest BCUT2D eigenvalue weighted by Crippen LogP contribution is 2.23. The van der Waals surface area contributed by atoms with Crippen molar-refractivity contribution in [3.05, 3.63) is 108 Å². The number of carbonyl (C=O) groups excluding carboxylic acids is 2. The van der Waals surface area contributed by atoms with Crippen LogP contribution in [0.2, 0.25) is 0 Å². The summed E-state index contributed by atoms with van der Waals surface area (Å²) in [5, 5.41) is 13.1. The van der Waals surface area contributed by atoms with E-state index in [2.05, 4.69) is 28.1 Å². The van der Waals surface area contributed by atoms with Crippen molar-refractivity contribution in [1.29, 1.82) is 0 Å². The number of hydrogen-bond acceptors (Lipinski definition) is 5. The van der Waals surface area contributed by atoms with Gasteiger partial charge in [-0.1, -0.05) is 60.7 Å². The van der Waals surface area contributed by atoms with E-state index in [4.69, 9.17) is 9.97 Å². The van der Waals surface area contributed by atoms with E-state index in [1.54, 1.807) is 12.1 Å².